The molecule has 3 heterocycles. The van der Waals surface area contributed by atoms with Gasteiger partial charge in [0.05, 0.1) is 47.9 Å². The van der Waals surface area contributed by atoms with E-state index in [-0.39, 0.29) is 36.2 Å². The Morgan fingerprint density at radius 2 is 1.74 bits per heavy atom. The van der Waals surface area contributed by atoms with Crippen LogP contribution < -0.4 is 10.6 Å². The highest BCUT2D eigenvalue weighted by molar-refractivity contribution is 5.92. The summed E-state index contributed by atoms with van der Waals surface area (Å²) in [7, 11) is 0. The molecule has 3 aromatic carbocycles. The Morgan fingerprint density at radius 1 is 0.976 bits per heavy atom. The van der Waals surface area contributed by atoms with Crippen molar-refractivity contribution in [2.24, 2.45) is 0 Å². The fourth-order valence-corrected chi connectivity index (χ4v) is 5.45. The number of halogens is 2. The topological polar surface area (TPSA) is 91.9 Å². The number of morpholine rings is 1. The minimum atomic E-state index is -0.477. The number of fused-ring (bicyclic) bond motifs is 1. The van der Waals surface area contributed by atoms with Crippen molar-refractivity contribution in [2.75, 3.05) is 18.5 Å². The Balaban J connectivity index is 1.09. The number of rotatable bonds is 9. The second-order valence-electron chi connectivity index (χ2n) is 10.5. The van der Waals surface area contributed by atoms with Gasteiger partial charge in [-0.05, 0) is 48.2 Å². The molecule has 1 saturated heterocycles. The van der Waals surface area contributed by atoms with Crippen LogP contribution in [0.1, 0.15) is 47.3 Å². The van der Waals surface area contributed by atoms with E-state index >= 15 is 0 Å². The number of carbonyl (C=O) groups is 1. The second-order valence-corrected chi connectivity index (χ2v) is 10.5. The van der Waals surface area contributed by atoms with Gasteiger partial charge in [-0.2, -0.15) is 0 Å². The van der Waals surface area contributed by atoms with Crippen LogP contribution in [0.5, 0.6) is 0 Å². The lowest BCUT2D eigenvalue weighted by Gasteiger charge is -2.29. The van der Waals surface area contributed by atoms with E-state index in [1.165, 1.54) is 18.3 Å². The van der Waals surface area contributed by atoms with Crippen LogP contribution in [0.3, 0.4) is 0 Å². The predicted octanol–water partition coefficient (Wildman–Crippen LogP) is 6.06. The minimum Gasteiger partial charge on any atom is -0.375 e. The van der Waals surface area contributed by atoms with Gasteiger partial charge in [0.1, 0.15) is 17.5 Å². The zero-order valence-corrected chi connectivity index (χ0v) is 22.9. The summed E-state index contributed by atoms with van der Waals surface area (Å²) in [5.41, 5.74) is 4.37. The van der Waals surface area contributed by atoms with Gasteiger partial charge >= 0.3 is 0 Å². The van der Waals surface area contributed by atoms with Crippen LogP contribution >= 0.6 is 0 Å². The van der Waals surface area contributed by atoms with E-state index in [1.54, 1.807) is 12.1 Å². The van der Waals surface area contributed by atoms with Gasteiger partial charge in [-0.25, -0.2) is 13.8 Å². The first-order valence-corrected chi connectivity index (χ1v) is 14.1. The van der Waals surface area contributed by atoms with Crippen molar-refractivity contribution in [3.8, 4) is 0 Å². The number of para-hydroxylation sites is 2. The summed E-state index contributed by atoms with van der Waals surface area (Å²) in [5.74, 6) is -0.568. The van der Waals surface area contributed by atoms with Crippen LogP contribution in [0.15, 0.2) is 91.3 Å². The molecule has 7 nitrogen and oxygen atoms in total. The number of carbonyl (C=O) groups excluding carboxylic acids is 1. The normalized spacial score (nSPS) is 17.7. The average Bonchev–Trinajstić information content (AvgIpc) is 3.45. The smallest absolute Gasteiger partial charge is 0.225 e. The Bertz CT molecular complexity index is 1620. The average molecular weight is 568 g/mol. The molecule has 42 heavy (non-hydrogen) atoms. The number of imidazole rings is 1. The van der Waals surface area contributed by atoms with E-state index in [9.17, 15) is 13.6 Å². The number of nitrogens with zero attached hydrogens (tertiary/aromatic N) is 2. The molecular weight excluding hydrogens is 536 g/mol. The first kappa shape index (κ1) is 27.7. The van der Waals surface area contributed by atoms with Gasteiger partial charge < -0.3 is 20.4 Å². The molecule has 1 aliphatic heterocycles. The van der Waals surface area contributed by atoms with Gasteiger partial charge in [0.25, 0.3) is 0 Å². The summed E-state index contributed by atoms with van der Waals surface area (Å²) in [6, 6.07) is 23.6. The Hall–Kier alpha value is -4.47. The van der Waals surface area contributed by atoms with Crippen molar-refractivity contribution < 1.29 is 18.3 Å². The van der Waals surface area contributed by atoms with E-state index < -0.39 is 5.82 Å². The zero-order chi connectivity index (χ0) is 28.9. The van der Waals surface area contributed by atoms with Gasteiger partial charge in [0.2, 0.25) is 5.91 Å². The molecule has 3 atom stereocenters. The molecule has 1 fully saturated rings. The third-order valence-corrected chi connectivity index (χ3v) is 7.69. The van der Waals surface area contributed by atoms with Gasteiger partial charge in [0.15, 0.2) is 0 Å². The number of pyridine rings is 1. The highest BCUT2D eigenvalue weighted by atomic mass is 19.1. The van der Waals surface area contributed by atoms with Crippen molar-refractivity contribution >= 4 is 22.6 Å². The highest BCUT2D eigenvalue weighted by Crippen LogP contribution is 2.30. The molecule has 2 aromatic heterocycles. The SMILES string of the molecule is O=C(C[C@H](c1ccccc1)c1ccc(F)cc1)Nc1cncc(F)c1CC[C@@H]1CN[C@H](c2nc3ccccc3[nH]2)CO1. The predicted molar refractivity (Wildman–Crippen MR) is 157 cm³/mol. The Kier molecular flexibility index (Phi) is 8.30. The maximum Gasteiger partial charge on any atom is 0.225 e. The number of amides is 1. The molecule has 9 heteroatoms. The fraction of sp³-hybridized carbons (Fsp3) is 0.242. The summed E-state index contributed by atoms with van der Waals surface area (Å²) in [6.07, 6.45) is 3.54. The summed E-state index contributed by atoms with van der Waals surface area (Å²) < 4.78 is 34.6. The van der Waals surface area contributed by atoms with Crippen molar-refractivity contribution in [3.05, 3.63) is 125 Å². The number of anilines is 1. The molecule has 3 N–H and O–H groups in total. The molecule has 1 amide bonds. The van der Waals surface area contributed by atoms with Gasteiger partial charge in [-0.15, -0.1) is 0 Å². The van der Waals surface area contributed by atoms with Crippen LogP contribution in [0.25, 0.3) is 11.0 Å². The molecule has 5 aromatic rings. The summed E-state index contributed by atoms with van der Waals surface area (Å²) in [4.78, 5) is 25.2. The Labute approximate surface area is 242 Å². The second kappa shape index (κ2) is 12.6. The molecule has 0 spiro atoms. The lowest BCUT2D eigenvalue weighted by atomic mass is 9.88. The molecule has 0 saturated carbocycles. The number of aromatic amines is 1. The minimum absolute atomic E-state index is 0.0557. The van der Waals surface area contributed by atoms with E-state index in [2.05, 4.69) is 25.6 Å². The molecule has 1 aliphatic rings. The fourth-order valence-electron chi connectivity index (χ4n) is 5.45. The van der Waals surface area contributed by atoms with E-state index in [0.29, 0.717) is 37.2 Å². The Morgan fingerprint density at radius 3 is 2.50 bits per heavy atom. The standard InChI is InChI=1S/C33H31F2N5O2/c34-23-12-10-22(11-13-23)26(21-6-2-1-3-7-21)16-32(41)38-30-19-36-18-27(35)25(30)15-14-24-17-37-31(20-42-24)33-39-28-8-4-5-9-29(28)40-33/h1-13,18-19,24,26,31,37H,14-17,20H2,(H,38,41)(H,39,40)/t24-,26-,31+/m1/s1. The molecule has 0 radical (unpaired) electrons. The van der Waals surface area contributed by atoms with Crippen LogP contribution in [0.2, 0.25) is 0 Å². The number of hydrogen-bond donors (Lipinski definition) is 3. The van der Waals surface area contributed by atoms with Crippen molar-refractivity contribution in [2.45, 2.75) is 37.3 Å². The summed E-state index contributed by atoms with van der Waals surface area (Å²) in [6.45, 7) is 1.03. The first-order valence-electron chi connectivity index (χ1n) is 14.1. The van der Waals surface area contributed by atoms with Crippen LogP contribution in [0.4, 0.5) is 14.5 Å². The molecule has 214 valence electrons. The van der Waals surface area contributed by atoms with Gasteiger partial charge in [0, 0.05) is 24.4 Å². The molecule has 0 unspecified atom stereocenters. The third-order valence-electron chi connectivity index (χ3n) is 7.69. The van der Waals surface area contributed by atoms with E-state index in [1.807, 2.05) is 54.6 Å². The van der Waals surface area contributed by atoms with E-state index in [4.69, 9.17) is 4.74 Å². The van der Waals surface area contributed by atoms with Gasteiger partial charge in [-0.3, -0.25) is 9.78 Å². The number of aromatic nitrogens is 3. The maximum absolute atomic E-state index is 15.0. The van der Waals surface area contributed by atoms with Crippen molar-refractivity contribution in [3.63, 3.8) is 0 Å². The quantitative estimate of drug-likeness (QED) is 0.201. The zero-order valence-electron chi connectivity index (χ0n) is 22.9. The van der Waals surface area contributed by atoms with Crippen LogP contribution in [-0.4, -0.2) is 40.1 Å². The molecule has 0 aliphatic carbocycles. The number of H-pyrrole nitrogens is 1. The first-order chi connectivity index (χ1) is 20.5. The summed E-state index contributed by atoms with van der Waals surface area (Å²) in [5, 5.41) is 6.36. The lowest BCUT2D eigenvalue weighted by Crippen LogP contribution is -2.41. The largest absolute Gasteiger partial charge is 0.375 e. The molecule has 6 rings (SSSR count). The lowest BCUT2D eigenvalue weighted by molar-refractivity contribution is -0.116. The third kappa shape index (κ3) is 6.37. The molecular formula is C33H31F2N5O2. The number of nitrogens with one attached hydrogen (secondary N) is 3. The monoisotopic (exact) mass is 567 g/mol. The number of ether oxygens (including phenoxy) is 1. The summed E-state index contributed by atoms with van der Waals surface area (Å²) >= 11 is 0. The van der Waals surface area contributed by atoms with Gasteiger partial charge in [-0.1, -0.05) is 54.6 Å². The maximum atomic E-state index is 15.0. The van der Waals surface area contributed by atoms with E-state index in [0.717, 1.165) is 34.2 Å². The molecule has 0 bridgehead atoms. The van der Waals surface area contributed by atoms with Crippen molar-refractivity contribution in [1.82, 2.24) is 20.3 Å². The highest BCUT2D eigenvalue weighted by Gasteiger charge is 2.26. The van der Waals surface area contributed by atoms with Crippen LogP contribution in [-0.2, 0) is 16.0 Å². The number of benzene rings is 3. The van der Waals surface area contributed by atoms with Crippen LogP contribution in [0, 0.1) is 11.6 Å². The van der Waals surface area contributed by atoms with Crippen molar-refractivity contribution in [1.29, 1.82) is 0 Å². The number of hydrogen-bond acceptors (Lipinski definition) is 5.